The Bertz CT molecular complexity index is 828. The van der Waals surface area contributed by atoms with Crippen LogP contribution in [-0.2, 0) is 4.79 Å². The lowest BCUT2D eigenvalue weighted by Gasteiger charge is -2.36. The van der Waals surface area contributed by atoms with Crippen molar-refractivity contribution >= 4 is 23.5 Å². The lowest BCUT2D eigenvalue weighted by atomic mass is 10.1. The molecule has 0 radical (unpaired) electrons. The maximum Gasteiger partial charge on any atom is 0.289 e. The fraction of sp³-hybridized carbons (Fsp3) is 0.500. The van der Waals surface area contributed by atoms with Gasteiger partial charge in [-0.2, -0.15) is 4.99 Å². The number of pyridine rings is 1. The molecule has 0 spiro atoms. The predicted octanol–water partition coefficient (Wildman–Crippen LogP) is 0.933. The molecular weight excluding hydrogens is 353 g/mol. The molecule has 1 aliphatic carbocycles. The summed E-state index contributed by atoms with van der Waals surface area (Å²) < 4.78 is 19.2. The zero-order valence-corrected chi connectivity index (χ0v) is 15.0. The van der Waals surface area contributed by atoms with Crippen molar-refractivity contribution in [3.05, 3.63) is 23.9 Å². The second kappa shape index (κ2) is 7.05. The van der Waals surface area contributed by atoms with Crippen molar-refractivity contribution in [3.8, 4) is 5.88 Å². The molecule has 0 aromatic carbocycles. The first-order chi connectivity index (χ1) is 13.1. The molecule has 0 bridgehead atoms. The molecule has 9 heteroatoms. The van der Waals surface area contributed by atoms with Crippen LogP contribution in [0.3, 0.4) is 0 Å². The number of alkyl halides is 1. The molecule has 1 saturated carbocycles. The minimum Gasteiger partial charge on any atom is -0.480 e. The van der Waals surface area contributed by atoms with Crippen molar-refractivity contribution in [2.24, 2.45) is 15.9 Å². The zero-order valence-electron chi connectivity index (χ0n) is 15.0. The molecule has 1 saturated heterocycles. The first-order valence-electron chi connectivity index (χ1n) is 8.97. The summed E-state index contributed by atoms with van der Waals surface area (Å²) in [5, 5.41) is 0. The summed E-state index contributed by atoms with van der Waals surface area (Å²) in [5.41, 5.74) is 0.719. The fourth-order valence-corrected chi connectivity index (χ4v) is 3.29. The van der Waals surface area contributed by atoms with Crippen molar-refractivity contribution in [1.82, 2.24) is 14.8 Å². The summed E-state index contributed by atoms with van der Waals surface area (Å²) in [6.07, 6.45) is 1.60. The van der Waals surface area contributed by atoms with Gasteiger partial charge >= 0.3 is 0 Å². The standard InChI is InChI=1S/C18H20FN5O3/c1-27-16-12(3-2-6-20-16)17(26)23-7-9-24(10-8-23)18-21-14(11-4-5-11)13(19)15(25)22-18/h2-3,6,11,13H,4-5,7-10H2,1H3. The Morgan fingerprint density at radius 2 is 1.96 bits per heavy atom. The van der Waals surface area contributed by atoms with E-state index < -0.39 is 12.1 Å². The minimum absolute atomic E-state index is 0.0652. The molecule has 1 aromatic heterocycles. The van der Waals surface area contributed by atoms with E-state index >= 15 is 0 Å². The summed E-state index contributed by atoms with van der Waals surface area (Å²) in [5.74, 6) is -0.315. The minimum atomic E-state index is -1.71. The summed E-state index contributed by atoms with van der Waals surface area (Å²) in [7, 11) is 1.48. The van der Waals surface area contributed by atoms with Crippen LogP contribution in [0.1, 0.15) is 23.2 Å². The van der Waals surface area contributed by atoms with Gasteiger partial charge in [0.05, 0.1) is 12.8 Å². The highest BCUT2D eigenvalue weighted by Crippen LogP contribution is 2.34. The quantitative estimate of drug-likeness (QED) is 0.787. The molecule has 2 aliphatic heterocycles. The Morgan fingerprint density at radius 1 is 1.22 bits per heavy atom. The smallest absolute Gasteiger partial charge is 0.289 e. The molecule has 142 valence electrons. The van der Waals surface area contributed by atoms with Crippen LogP contribution in [0.5, 0.6) is 5.88 Å². The first-order valence-corrected chi connectivity index (χ1v) is 8.97. The largest absolute Gasteiger partial charge is 0.480 e. The number of nitrogens with zero attached hydrogens (tertiary/aromatic N) is 5. The molecule has 2 amide bonds. The second-order valence-electron chi connectivity index (χ2n) is 6.76. The van der Waals surface area contributed by atoms with E-state index in [1.807, 2.05) is 4.90 Å². The Labute approximate surface area is 155 Å². The van der Waals surface area contributed by atoms with Gasteiger partial charge in [-0.05, 0) is 25.0 Å². The van der Waals surface area contributed by atoms with E-state index in [9.17, 15) is 14.0 Å². The van der Waals surface area contributed by atoms with Crippen molar-refractivity contribution in [3.63, 3.8) is 0 Å². The normalized spacial score (nSPS) is 23.0. The number of aromatic nitrogens is 1. The van der Waals surface area contributed by atoms with Gasteiger partial charge in [-0.3, -0.25) is 9.59 Å². The Hall–Kier alpha value is -2.84. The maximum atomic E-state index is 14.0. The molecule has 8 nitrogen and oxygen atoms in total. The summed E-state index contributed by atoms with van der Waals surface area (Å²) in [4.78, 5) is 40.3. The van der Waals surface area contributed by atoms with Gasteiger partial charge in [0.2, 0.25) is 18.0 Å². The number of halogens is 1. The number of amides is 2. The molecule has 1 unspecified atom stereocenters. The van der Waals surface area contributed by atoms with Crippen molar-refractivity contribution < 1.29 is 18.7 Å². The van der Waals surface area contributed by atoms with Gasteiger partial charge in [0, 0.05) is 38.3 Å². The Balaban J connectivity index is 1.44. The Kier molecular flexibility index (Phi) is 4.59. The van der Waals surface area contributed by atoms with Crippen molar-refractivity contribution in [2.45, 2.75) is 19.0 Å². The van der Waals surface area contributed by atoms with Crippen LogP contribution in [-0.4, -0.2) is 77.7 Å². The van der Waals surface area contributed by atoms with Gasteiger partial charge in [-0.15, -0.1) is 0 Å². The number of hydrogen-bond acceptors (Lipinski definition) is 6. The number of piperazine rings is 1. The van der Waals surface area contributed by atoms with E-state index in [1.165, 1.54) is 7.11 Å². The number of rotatable bonds is 3. The van der Waals surface area contributed by atoms with Crippen LogP contribution in [0.4, 0.5) is 4.39 Å². The summed E-state index contributed by atoms with van der Waals surface area (Å²) in [6, 6.07) is 3.37. The van der Waals surface area contributed by atoms with Crippen molar-refractivity contribution in [1.29, 1.82) is 0 Å². The van der Waals surface area contributed by atoms with Gasteiger partial charge in [-0.1, -0.05) is 0 Å². The number of hydrogen-bond donors (Lipinski definition) is 0. The zero-order chi connectivity index (χ0) is 19.0. The topological polar surface area (TPSA) is 87.5 Å². The Morgan fingerprint density at radius 3 is 2.63 bits per heavy atom. The highest BCUT2D eigenvalue weighted by atomic mass is 19.1. The highest BCUT2D eigenvalue weighted by Gasteiger charge is 2.40. The first kappa shape index (κ1) is 17.6. The molecule has 4 rings (SSSR count). The van der Waals surface area contributed by atoms with Gasteiger partial charge in [0.1, 0.15) is 5.56 Å². The second-order valence-corrected chi connectivity index (χ2v) is 6.76. The molecule has 2 fully saturated rings. The van der Waals surface area contributed by atoms with Gasteiger partial charge in [0.15, 0.2) is 0 Å². The lowest BCUT2D eigenvalue weighted by molar-refractivity contribution is -0.120. The molecule has 27 heavy (non-hydrogen) atoms. The average molecular weight is 373 g/mol. The van der Waals surface area contributed by atoms with E-state index in [1.54, 1.807) is 23.2 Å². The number of carbonyl (C=O) groups excluding carboxylic acids is 2. The SMILES string of the molecule is COc1ncccc1C(=O)N1CCN(C2=NC(=O)C(F)C(C3CC3)=N2)CC1. The number of guanidine groups is 1. The number of carbonyl (C=O) groups is 2. The monoisotopic (exact) mass is 373 g/mol. The average Bonchev–Trinajstić information content (AvgIpc) is 3.54. The summed E-state index contributed by atoms with van der Waals surface area (Å²) in [6.45, 7) is 1.83. The lowest BCUT2D eigenvalue weighted by Crippen LogP contribution is -2.51. The van der Waals surface area contributed by atoms with Crippen LogP contribution in [0.25, 0.3) is 0 Å². The third kappa shape index (κ3) is 3.41. The van der Waals surface area contributed by atoms with E-state index in [4.69, 9.17) is 4.74 Å². The van der Waals surface area contributed by atoms with Gasteiger partial charge in [-0.25, -0.2) is 14.4 Å². The van der Waals surface area contributed by atoms with Crippen molar-refractivity contribution in [2.75, 3.05) is 33.3 Å². The number of aliphatic imine (C=N–C) groups is 2. The maximum absolute atomic E-state index is 14.0. The van der Waals surface area contributed by atoms with E-state index in [0.717, 1.165) is 12.8 Å². The highest BCUT2D eigenvalue weighted by molar-refractivity contribution is 6.18. The van der Waals surface area contributed by atoms with Crippen LogP contribution < -0.4 is 4.74 Å². The molecule has 1 aromatic rings. The van der Waals surface area contributed by atoms with E-state index in [2.05, 4.69) is 15.0 Å². The summed E-state index contributed by atoms with van der Waals surface area (Å²) >= 11 is 0. The molecule has 3 heterocycles. The van der Waals surface area contributed by atoms with Crippen LogP contribution in [0.2, 0.25) is 0 Å². The van der Waals surface area contributed by atoms with Crippen LogP contribution in [0, 0.1) is 5.92 Å². The van der Waals surface area contributed by atoms with Gasteiger partial charge < -0.3 is 14.5 Å². The van der Waals surface area contributed by atoms with E-state index in [0.29, 0.717) is 43.3 Å². The van der Waals surface area contributed by atoms with Crippen LogP contribution >= 0.6 is 0 Å². The van der Waals surface area contributed by atoms with Gasteiger partial charge in [0.25, 0.3) is 11.8 Å². The molecular formula is C18H20FN5O3. The molecule has 1 atom stereocenters. The third-order valence-corrected chi connectivity index (χ3v) is 4.96. The third-order valence-electron chi connectivity index (χ3n) is 4.96. The predicted molar refractivity (Wildman–Crippen MR) is 95.8 cm³/mol. The van der Waals surface area contributed by atoms with E-state index in [-0.39, 0.29) is 17.8 Å². The molecule has 0 N–H and O–H groups in total. The fourth-order valence-electron chi connectivity index (χ4n) is 3.29. The number of methoxy groups -OCH3 is 1. The molecule has 3 aliphatic rings. The van der Waals surface area contributed by atoms with Crippen LogP contribution in [0.15, 0.2) is 28.3 Å². The number of ether oxygens (including phenoxy) is 1.